The standard InChI is InChI=1S/C12H18N4O3/c1-3-16(2)5-4-14-12(19)15-10-6-9(11(17)18)7-13-8-10/h6-8H,3-5H2,1-2H3,(H,17,18)(H2,14,15,19). The molecule has 104 valence electrons. The Morgan fingerprint density at radius 1 is 1.42 bits per heavy atom. The molecular formula is C12H18N4O3. The van der Waals surface area contributed by atoms with Gasteiger partial charge in [0.15, 0.2) is 0 Å². The van der Waals surface area contributed by atoms with Crippen LogP contribution in [0.3, 0.4) is 0 Å². The second kappa shape index (κ2) is 7.32. The van der Waals surface area contributed by atoms with Gasteiger partial charge in [-0.05, 0) is 19.7 Å². The topological polar surface area (TPSA) is 94.6 Å². The molecule has 0 aliphatic rings. The van der Waals surface area contributed by atoms with E-state index in [1.165, 1.54) is 18.5 Å². The van der Waals surface area contributed by atoms with Gasteiger partial charge in [-0.1, -0.05) is 6.92 Å². The predicted molar refractivity (Wildman–Crippen MR) is 71.4 cm³/mol. The van der Waals surface area contributed by atoms with E-state index >= 15 is 0 Å². The van der Waals surface area contributed by atoms with Crippen molar-refractivity contribution < 1.29 is 14.7 Å². The molecule has 7 heteroatoms. The summed E-state index contributed by atoms with van der Waals surface area (Å²) in [6.07, 6.45) is 2.62. The Balaban J connectivity index is 2.44. The normalized spacial score (nSPS) is 10.3. The highest BCUT2D eigenvalue weighted by atomic mass is 16.4. The Kier molecular flexibility index (Phi) is 5.74. The van der Waals surface area contributed by atoms with Crippen LogP contribution in [-0.4, -0.2) is 53.7 Å². The van der Waals surface area contributed by atoms with Gasteiger partial charge in [-0.3, -0.25) is 4.98 Å². The van der Waals surface area contributed by atoms with E-state index in [2.05, 4.69) is 20.5 Å². The largest absolute Gasteiger partial charge is 0.478 e. The number of pyridine rings is 1. The van der Waals surface area contributed by atoms with Gasteiger partial charge in [0.05, 0.1) is 17.4 Å². The molecule has 0 aromatic carbocycles. The van der Waals surface area contributed by atoms with E-state index in [0.29, 0.717) is 12.2 Å². The SMILES string of the molecule is CCN(C)CCNC(=O)Nc1cncc(C(=O)O)c1. The van der Waals surface area contributed by atoms with Gasteiger partial charge in [0.25, 0.3) is 0 Å². The van der Waals surface area contributed by atoms with Gasteiger partial charge in [-0.25, -0.2) is 9.59 Å². The number of urea groups is 1. The zero-order valence-corrected chi connectivity index (χ0v) is 11.0. The van der Waals surface area contributed by atoms with Crippen LogP contribution in [0.5, 0.6) is 0 Å². The van der Waals surface area contributed by atoms with Crippen molar-refractivity contribution in [3.63, 3.8) is 0 Å². The Morgan fingerprint density at radius 2 is 2.16 bits per heavy atom. The molecule has 3 N–H and O–H groups in total. The maximum atomic E-state index is 11.5. The molecule has 1 aromatic rings. The minimum absolute atomic E-state index is 0.0310. The number of carboxylic acids is 1. The zero-order valence-electron chi connectivity index (χ0n) is 11.0. The summed E-state index contributed by atoms with van der Waals surface area (Å²) in [5.41, 5.74) is 0.379. The fourth-order valence-electron chi connectivity index (χ4n) is 1.32. The summed E-state index contributed by atoms with van der Waals surface area (Å²) < 4.78 is 0. The molecule has 0 saturated heterocycles. The van der Waals surface area contributed by atoms with Gasteiger partial charge in [0.2, 0.25) is 0 Å². The van der Waals surface area contributed by atoms with Crippen LogP contribution in [0.15, 0.2) is 18.5 Å². The molecule has 7 nitrogen and oxygen atoms in total. The molecule has 0 atom stereocenters. The third-order valence-electron chi connectivity index (χ3n) is 2.56. The maximum absolute atomic E-state index is 11.5. The summed E-state index contributed by atoms with van der Waals surface area (Å²) >= 11 is 0. The van der Waals surface area contributed by atoms with Crippen LogP contribution in [-0.2, 0) is 0 Å². The Morgan fingerprint density at radius 3 is 2.79 bits per heavy atom. The Labute approximate surface area is 111 Å². The average Bonchev–Trinajstić information content (AvgIpc) is 2.38. The van der Waals surface area contributed by atoms with Crippen molar-refractivity contribution in [2.45, 2.75) is 6.92 Å². The van der Waals surface area contributed by atoms with Crippen molar-refractivity contribution in [3.8, 4) is 0 Å². The molecule has 0 aliphatic heterocycles. The van der Waals surface area contributed by atoms with Crippen molar-refractivity contribution in [1.29, 1.82) is 0 Å². The number of hydrogen-bond acceptors (Lipinski definition) is 4. The summed E-state index contributed by atoms with van der Waals surface area (Å²) in [6.45, 7) is 4.20. The van der Waals surface area contributed by atoms with Crippen LogP contribution < -0.4 is 10.6 Å². The van der Waals surface area contributed by atoms with Crippen LogP contribution in [0.2, 0.25) is 0 Å². The first-order valence-electron chi connectivity index (χ1n) is 5.94. The number of nitrogens with one attached hydrogen (secondary N) is 2. The second-order valence-electron chi connectivity index (χ2n) is 4.04. The molecule has 1 heterocycles. The predicted octanol–water partition coefficient (Wildman–Crippen LogP) is 0.853. The quantitative estimate of drug-likeness (QED) is 0.709. The molecule has 0 spiro atoms. The monoisotopic (exact) mass is 266 g/mol. The third kappa shape index (κ3) is 5.35. The molecule has 19 heavy (non-hydrogen) atoms. The van der Waals surface area contributed by atoms with E-state index in [1.54, 1.807) is 0 Å². The molecule has 0 unspecified atom stereocenters. The number of aromatic nitrogens is 1. The fraction of sp³-hybridized carbons (Fsp3) is 0.417. The molecule has 0 fully saturated rings. The van der Waals surface area contributed by atoms with Gasteiger partial charge >= 0.3 is 12.0 Å². The lowest BCUT2D eigenvalue weighted by Crippen LogP contribution is -2.35. The third-order valence-corrected chi connectivity index (χ3v) is 2.56. The summed E-state index contributed by atoms with van der Waals surface area (Å²) in [5, 5.41) is 14.0. The van der Waals surface area contributed by atoms with E-state index in [1.807, 2.05) is 14.0 Å². The van der Waals surface area contributed by atoms with Gasteiger partial charge in [0, 0.05) is 19.3 Å². The lowest BCUT2D eigenvalue weighted by Gasteiger charge is -2.14. The summed E-state index contributed by atoms with van der Waals surface area (Å²) in [7, 11) is 1.96. The summed E-state index contributed by atoms with van der Waals surface area (Å²) in [6, 6.07) is 0.974. The Bertz CT molecular complexity index is 450. The number of aromatic carboxylic acids is 1. The van der Waals surface area contributed by atoms with Crippen LogP contribution >= 0.6 is 0 Å². The number of amides is 2. The molecule has 1 rings (SSSR count). The lowest BCUT2D eigenvalue weighted by molar-refractivity contribution is 0.0696. The average molecular weight is 266 g/mol. The Hall–Kier alpha value is -2.15. The van der Waals surface area contributed by atoms with E-state index in [0.717, 1.165) is 13.1 Å². The zero-order chi connectivity index (χ0) is 14.3. The highest BCUT2D eigenvalue weighted by molar-refractivity contribution is 5.92. The second-order valence-corrected chi connectivity index (χ2v) is 4.04. The van der Waals surface area contributed by atoms with E-state index < -0.39 is 5.97 Å². The minimum Gasteiger partial charge on any atom is -0.478 e. The minimum atomic E-state index is -1.08. The highest BCUT2D eigenvalue weighted by Crippen LogP contribution is 2.07. The van der Waals surface area contributed by atoms with E-state index in [9.17, 15) is 9.59 Å². The van der Waals surface area contributed by atoms with Crippen LogP contribution in [0.1, 0.15) is 17.3 Å². The molecule has 0 aliphatic carbocycles. The number of carboxylic acid groups (broad SMARTS) is 1. The first-order valence-corrected chi connectivity index (χ1v) is 5.94. The number of rotatable bonds is 6. The number of anilines is 1. The van der Waals surface area contributed by atoms with E-state index in [-0.39, 0.29) is 11.6 Å². The van der Waals surface area contributed by atoms with Crippen molar-refractivity contribution >= 4 is 17.7 Å². The van der Waals surface area contributed by atoms with Crippen LogP contribution in [0, 0.1) is 0 Å². The fourth-order valence-corrected chi connectivity index (χ4v) is 1.32. The van der Waals surface area contributed by atoms with Crippen molar-refractivity contribution in [1.82, 2.24) is 15.2 Å². The molecule has 0 bridgehead atoms. The molecule has 1 aromatic heterocycles. The number of hydrogen-bond donors (Lipinski definition) is 3. The van der Waals surface area contributed by atoms with Gasteiger partial charge in [-0.2, -0.15) is 0 Å². The number of nitrogens with zero attached hydrogens (tertiary/aromatic N) is 2. The number of likely N-dealkylation sites (N-methyl/N-ethyl adjacent to an activating group) is 1. The van der Waals surface area contributed by atoms with Crippen LogP contribution in [0.25, 0.3) is 0 Å². The molecule has 2 amide bonds. The number of carbonyl (C=O) groups excluding carboxylic acids is 1. The van der Waals surface area contributed by atoms with Gasteiger partial charge < -0.3 is 20.6 Å². The first kappa shape index (κ1) is 14.9. The molecular weight excluding hydrogens is 248 g/mol. The van der Waals surface area contributed by atoms with E-state index in [4.69, 9.17) is 5.11 Å². The summed E-state index contributed by atoms with van der Waals surface area (Å²) in [5.74, 6) is -1.08. The van der Waals surface area contributed by atoms with Gasteiger partial charge in [-0.15, -0.1) is 0 Å². The lowest BCUT2D eigenvalue weighted by atomic mass is 10.3. The van der Waals surface area contributed by atoms with Crippen molar-refractivity contribution in [2.24, 2.45) is 0 Å². The van der Waals surface area contributed by atoms with Gasteiger partial charge in [0.1, 0.15) is 0 Å². The smallest absolute Gasteiger partial charge is 0.337 e. The van der Waals surface area contributed by atoms with Crippen molar-refractivity contribution in [2.75, 3.05) is 32.0 Å². The summed E-state index contributed by atoms with van der Waals surface area (Å²) in [4.78, 5) is 28.1. The molecule has 0 saturated carbocycles. The molecule has 0 radical (unpaired) electrons. The highest BCUT2D eigenvalue weighted by Gasteiger charge is 2.06. The van der Waals surface area contributed by atoms with Crippen LogP contribution in [0.4, 0.5) is 10.5 Å². The maximum Gasteiger partial charge on any atom is 0.337 e. The van der Waals surface area contributed by atoms with Crippen molar-refractivity contribution in [3.05, 3.63) is 24.0 Å². The number of carbonyl (C=O) groups is 2. The first-order chi connectivity index (χ1) is 9.02.